The lowest BCUT2D eigenvalue weighted by atomic mass is 9.99. The summed E-state index contributed by atoms with van der Waals surface area (Å²) >= 11 is 0. The lowest BCUT2D eigenvalue weighted by molar-refractivity contribution is 0.0950. The molecule has 0 atom stereocenters. The van der Waals surface area contributed by atoms with Crippen LogP contribution in [0.1, 0.15) is 40.2 Å². The summed E-state index contributed by atoms with van der Waals surface area (Å²) in [5.74, 6) is -0.185. The fourth-order valence-corrected chi connectivity index (χ4v) is 3.15. The van der Waals surface area contributed by atoms with Crippen LogP contribution in [0.4, 0.5) is 4.39 Å². The molecule has 5 nitrogen and oxygen atoms in total. The van der Waals surface area contributed by atoms with Gasteiger partial charge in [0.05, 0.1) is 18.8 Å². The van der Waals surface area contributed by atoms with Crippen molar-refractivity contribution < 1.29 is 13.9 Å². The maximum absolute atomic E-state index is 13.8. The molecule has 1 aliphatic carbocycles. The minimum absolute atomic E-state index is 0.121. The Morgan fingerprint density at radius 1 is 1.36 bits per heavy atom. The molecule has 1 aliphatic rings. The minimum Gasteiger partial charge on any atom is -0.494 e. The van der Waals surface area contributed by atoms with Gasteiger partial charge in [0.25, 0.3) is 5.91 Å². The molecule has 4 rings (SSSR count). The lowest BCUT2D eigenvalue weighted by Crippen LogP contribution is -2.23. The number of carbonyl (C=O) groups is 1. The first kappa shape index (κ1) is 15.6. The van der Waals surface area contributed by atoms with Gasteiger partial charge in [-0.25, -0.2) is 4.39 Å². The van der Waals surface area contributed by atoms with Gasteiger partial charge >= 0.3 is 0 Å². The highest BCUT2D eigenvalue weighted by molar-refractivity contribution is 5.94. The Balaban J connectivity index is 1.57. The zero-order valence-corrected chi connectivity index (χ0v) is 13.8. The molecule has 6 heteroatoms. The van der Waals surface area contributed by atoms with Crippen molar-refractivity contribution in [3.63, 3.8) is 0 Å². The zero-order valence-electron chi connectivity index (χ0n) is 13.8. The van der Waals surface area contributed by atoms with Crippen molar-refractivity contribution in [2.45, 2.75) is 25.3 Å². The number of nitrogens with zero attached hydrogens (tertiary/aromatic N) is 1. The molecule has 0 saturated heterocycles. The summed E-state index contributed by atoms with van der Waals surface area (Å²) in [4.78, 5) is 12.4. The van der Waals surface area contributed by atoms with Gasteiger partial charge in [0.2, 0.25) is 0 Å². The van der Waals surface area contributed by atoms with Crippen LogP contribution in [-0.4, -0.2) is 23.2 Å². The van der Waals surface area contributed by atoms with Crippen LogP contribution in [0, 0.1) is 5.82 Å². The number of ether oxygens (including phenoxy) is 1. The summed E-state index contributed by atoms with van der Waals surface area (Å²) in [5, 5.41) is 11.0. The van der Waals surface area contributed by atoms with E-state index in [1.165, 1.54) is 37.6 Å². The van der Waals surface area contributed by atoms with Gasteiger partial charge in [0.15, 0.2) is 11.6 Å². The zero-order chi connectivity index (χ0) is 17.4. The third-order valence-electron chi connectivity index (χ3n) is 4.63. The maximum atomic E-state index is 13.8. The number of nitrogens with one attached hydrogen (secondary N) is 2. The van der Waals surface area contributed by atoms with E-state index in [0.717, 1.165) is 16.5 Å². The lowest BCUT2D eigenvalue weighted by Gasteiger charge is -2.12. The van der Waals surface area contributed by atoms with Crippen LogP contribution in [0.2, 0.25) is 0 Å². The number of hydrogen-bond donors (Lipinski definition) is 2. The Morgan fingerprint density at radius 2 is 2.20 bits per heavy atom. The van der Waals surface area contributed by atoms with Crippen molar-refractivity contribution in [1.29, 1.82) is 0 Å². The third kappa shape index (κ3) is 2.95. The van der Waals surface area contributed by atoms with E-state index < -0.39 is 5.82 Å². The molecule has 1 fully saturated rings. The predicted molar refractivity (Wildman–Crippen MR) is 92.2 cm³/mol. The van der Waals surface area contributed by atoms with E-state index in [2.05, 4.69) is 21.6 Å². The predicted octanol–water partition coefficient (Wildman–Crippen LogP) is 3.52. The molecular weight excluding hydrogens is 321 g/mol. The first-order valence-electron chi connectivity index (χ1n) is 8.24. The topological polar surface area (TPSA) is 67.0 Å². The molecule has 2 aromatic carbocycles. The maximum Gasteiger partial charge on any atom is 0.251 e. The molecule has 1 amide bonds. The SMILES string of the molecule is COc1ccc(C(=O)NCc2c(C3CC3)ccc3[nH]ncc23)cc1F. The average Bonchev–Trinajstić information content (AvgIpc) is 3.35. The molecule has 2 N–H and O–H groups in total. The van der Waals surface area contributed by atoms with Gasteiger partial charge in [-0.15, -0.1) is 0 Å². The number of aromatic nitrogens is 2. The highest BCUT2D eigenvalue weighted by Crippen LogP contribution is 2.43. The molecular formula is C19H18FN3O2. The van der Waals surface area contributed by atoms with Crippen molar-refractivity contribution >= 4 is 16.8 Å². The molecule has 3 aromatic rings. The fraction of sp³-hybridized carbons (Fsp3) is 0.263. The number of halogens is 1. The van der Waals surface area contributed by atoms with Gasteiger partial charge < -0.3 is 10.1 Å². The third-order valence-corrected chi connectivity index (χ3v) is 4.63. The van der Waals surface area contributed by atoms with E-state index >= 15 is 0 Å². The van der Waals surface area contributed by atoms with Gasteiger partial charge in [0, 0.05) is 17.5 Å². The molecule has 0 unspecified atom stereocenters. The molecule has 1 heterocycles. The number of fused-ring (bicyclic) bond motifs is 1. The van der Waals surface area contributed by atoms with E-state index in [0.29, 0.717) is 12.5 Å². The summed E-state index contributed by atoms with van der Waals surface area (Å²) in [6, 6.07) is 8.33. The molecule has 1 aromatic heterocycles. The largest absolute Gasteiger partial charge is 0.494 e. The smallest absolute Gasteiger partial charge is 0.251 e. The number of carbonyl (C=O) groups excluding carboxylic acids is 1. The first-order valence-corrected chi connectivity index (χ1v) is 8.24. The molecule has 128 valence electrons. The summed E-state index contributed by atoms with van der Waals surface area (Å²) in [6.07, 6.45) is 4.14. The first-order chi connectivity index (χ1) is 12.2. The van der Waals surface area contributed by atoms with E-state index in [9.17, 15) is 9.18 Å². The van der Waals surface area contributed by atoms with Crippen LogP contribution < -0.4 is 10.1 Å². The summed E-state index contributed by atoms with van der Waals surface area (Å²) < 4.78 is 18.7. The molecule has 0 aliphatic heterocycles. The summed E-state index contributed by atoms with van der Waals surface area (Å²) in [5.41, 5.74) is 3.56. The monoisotopic (exact) mass is 339 g/mol. The fourth-order valence-electron chi connectivity index (χ4n) is 3.15. The van der Waals surface area contributed by atoms with Crippen molar-refractivity contribution in [1.82, 2.24) is 15.5 Å². The van der Waals surface area contributed by atoms with E-state index in [1.54, 1.807) is 12.3 Å². The highest BCUT2D eigenvalue weighted by atomic mass is 19.1. The Kier molecular flexibility index (Phi) is 3.87. The second-order valence-corrected chi connectivity index (χ2v) is 6.27. The van der Waals surface area contributed by atoms with Crippen molar-refractivity contribution in [2.24, 2.45) is 0 Å². The van der Waals surface area contributed by atoms with Crippen LogP contribution in [0.15, 0.2) is 36.5 Å². The molecule has 0 bridgehead atoms. The molecule has 0 spiro atoms. The van der Waals surface area contributed by atoms with E-state index in [4.69, 9.17) is 4.74 Å². The van der Waals surface area contributed by atoms with Gasteiger partial charge in [-0.3, -0.25) is 9.89 Å². The van der Waals surface area contributed by atoms with E-state index in [-0.39, 0.29) is 17.2 Å². The summed E-state index contributed by atoms with van der Waals surface area (Å²) in [7, 11) is 1.39. The Hall–Kier alpha value is -2.89. The number of H-pyrrole nitrogens is 1. The van der Waals surface area contributed by atoms with Crippen LogP contribution in [-0.2, 0) is 6.54 Å². The van der Waals surface area contributed by atoms with Gasteiger partial charge in [0.1, 0.15) is 0 Å². The minimum atomic E-state index is -0.550. The summed E-state index contributed by atoms with van der Waals surface area (Å²) in [6.45, 7) is 0.384. The molecule has 0 radical (unpaired) electrons. The van der Waals surface area contributed by atoms with Crippen molar-refractivity contribution in [2.75, 3.05) is 7.11 Å². The van der Waals surface area contributed by atoms with Gasteiger partial charge in [-0.1, -0.05) is 6.07 Å². The Labute approximate surface area is 144 Å². The number of methoxy groups -OCH3 is 1. The number of amides is 1. The van der Waals surface area contributed by atoms with Crippen molar-refractivity contribution in [3.8, 4) is 5.75 Å². The standard InChI is InChI=1S/C19H18FN3O2/c1-25-18-7-4-12(8-16(18)20)19(24)21-9-14-13(11-2-3-11)5-6-17-15(14)10-22-23-17/h4-8,10-11H,2-3,9H2,1H3,(H,21,24)(H,22,23). The number of hydrogen-bond acceptors (Lipinski definition) is 3. The van der Waals surface area contributed by atoms with Gasteiger partial charge in [-0.2, -0.15) is 5.10 Å². The highest BCUT2D eigenvalue weighted by Gasteiger charge is 2.27. The average molecular weight is 339 g/mol. The van der Waals surface area contributed by atoms with Crippen LogP contribution >= 0.6 is 0 Å². The van der Waals surface area contributed by atoms with Crippen molar-refractivity contribution in [3.05, 3.63) is 59.0 Å². The second-order valence-electron chi connectivity index (χ2n) is 6.27. The normalized spacial score (nSPS) is 13.8. The van der Waals surface area contributed by atoms with Crippen LogP contribution in [0.5, 0.6) is 5.75 Å². The van der Waals surface area contributed by atoms with Crippen LogP contribution in [0.3, 0.4) is 0 Å². The Bertz CT molecular complexity index is 947. The quantitative estimate of drug-likeness (QED) is 0.747. The number of rotatable bonds is 5. The molecule has 25 heavy (non-hydrogen) atoms. The Morgan fingerprint density at radius 3 is 2.92 bits per heavy atom. The molecule has 1 saturated carbocycles. The number of benzene rings is 2. The van der Waals surface area contributed by atoms with Gasteiger partial charge in [-0.05, 0) is 54.2 Å². The second kappa shape index (κ2) is 6.20. The number of aromatic amines is 1. The van der Waals surface area contributed by atoms with Crippen LogP contribution in [0.25, 0.3) is 10.9 Å². The van der Waals surface area contributed by atoms with E-state index in [1.807, 2.05) is 6.07 Å².